The molecule has 5 nitrogen and oxygen atoms in total. The summed E-state index contributed by atoms with van der Waals surface area (Å²) in [5, 5.41) is 3.79. The minimum Gasteiger partial charge on any atom is -0.497 e. The molecule has 0 saturated carbocycles. The third-order valence-corrected chi connectivity index (χ3v) is 5.09. The minimum atomic E-state index is -0.0198. The van der Waals surface area contributed by atoms with Gasteiger partial charge in [-0.05, 0) is 29.3 Å². The van der Waals surface area contributed by atoms with Gasteiger partial charge in [0.1, 0.15) is 5.75 Å². The van der Waals surface area contributed by atoms with Crippen LogP contribution in [0.25, 0.3) is 0 Å². The van der Waals surface area contributed by atoms with E-state index in [9.17, 15) is 4.79 Å². The molecule has 0 aromatic heterocycles. The van der Waals surface area contributed by atoms with E-state index in [2.05, 4.69) is 10.2 Å². The number of amides is 1. The van der Waals surface area contributed by atoms with Crippen molar-refractivity contribution in [3.05, 3.63) is 64.7 Å². The van der Waals surface area contributed by atoms with Gasteiger partial charge in [-0.1, -0.05) is 41.9 Å². The molecule has 0 spiro atoms. The quantitative estimate of drug-likeness (QED) is 0.792. The van der Waals surface area contributed by atoms with Crippen molar-refractivity contribution in [2.24, 2.45) is 0 Å². The molecular weight excluding hydrogens is 364 g/mol. The number of ether oxygens (including phenoxy) is 2. The van der Waals surface area contributed by atoms with Crippen LogP contribution in [0.1, 0.15) is 17.2 Å². The molecule has 6 heteroatoms. The Balaban J connectivity index is 1.66. The van der Waals surface area contributed by atoms with Gasteiger partial charge in [0.25, 0.3) is 0 Å². The number of carbonyl (C=O) groups is 1. The van der Waals surface area contributed by atoms with Gasteiger partial charge in [-0.3, -0.25) is 9.69 Å². The molecule has 27 heavy (non-hydrogen) atoms. The molecule has 1 heterocycles. The number of methoxy groups -OCH3 is 1. The average Bonchev–Trinajstić information content (AvgIpc) is 2.70. The molecule has 1 N–H and O–H groups in total. The normalized spacial score (nSPS) is 15.9. The van der Waals surface area contributed by atoms with E-state index < -0.39 is 0 Å². The molecule has 1 amide bonds. The Morgan fingerprint density at radius 3 is 2.74 bits per heavy atom. The van der Waals surface area contributed by atoms with Gasteiger partial charge in [-0.15, -0.1) is 0 Å². The van der Waals surface area contributed by atoms with Crippen molar-refractivity contribution < 1.29 is 14.3 Å². The lowest BCUT2D eigenvalue weighted by Crippen LogP contribution is -2.44. The van der Waals surface area contributed by atoms with Crippen LogP contribution in [0.2, 0.25) is 5.02 Å². The topological polar surface area (TPSA) is 50.8 Å². The predicted octanol–water partition coefficient (Wildman–Crippen LogP) is 3.08. The third kappa shape index (κ3) is 5.45. The molecule has 2 aromatic rings. The first-order valence-electron chi connectivity index (χ1n) is 9.13. The maximum atomic E-state index is 12.5. The molecule has 1 fully saturated rings. The minimum absolute atomic E-state index is 0.0198. The molecular formula is C21H25ClN2O3. The van der Waals surface area contributed by atoms with Crippen LogP contribution in [-0.4, -0.2) is 50.8 Å². The monoisotopic (exact) mass is 388 g/mol. The molecule has 1 atom stereocenters. The summed E-state index contributed by atoms with van der Waals surface area (Å²) in [5.74, 6) is 0.733. The second-order valence-corrected chi connectivity index (χ2v) is 6.93. The molecule has 0 unspecified atom stereocenters. The van der Waals surface area contributed by atoms with Crippen molar-refractivity contribution in [1.29, 1.82) is 0 Å². The zero-order valence-electron chi connectivity index (χ0n) is 15.5. The summed E-state index contributed by atoms with van der Waals surface area (Å²) in [6.45, 7) is 3.53. The van der Waals surface area contributed by atoms with Crippen LogP contribution in [0.15, 0.2) is 48.5 Å². The Morgan fingerprint density at radius 1 is 1.22 bits per heavy atom. The van der Waals surface area contributed by atoms with E-state index in [0.29, 0.717) is 26.2 Å². The zero-order chi connectivity index (χ0) is 19.1. The molecule has 1 aliphatic rings. The van der Waals surface area contributed by atoms with Gasteiger partial charge in [0, 0.05) is 24.7 Å². The number of halogens is 1. The SMILES string of the molecule is COc1cccc(CC(=O)NC[C@H](c2ccccc2Cl)N2CCOCC2)c1. The molecule has 0 bridgehead atoms. The van der Waals surface area contributed by atoms with Gasteiger partial charge >= 0.3 is 0 Å². The summed E-state index contributed by atoms with van der Waals surface area (Å²) in [5.41, 5.74) is 1.95. The maximum Gasteiger partial charge on any atom is 0.224 e. The highest BCUT2D eigenvalue weighted by molar-refractivity contribution is 6.31. The smallest absolute Gasteiger partial charge is 0.224 e. The van der Waals surface area contributed by atoms with Crippen LogP contribution in [0.4, 0.5) is 0 Å². The van der Waals surface area contributed by atoms with Crippen molar-refractivity contribution in [2.75, 3.05) is 40.0 Å². The number of nitrogens with one attached hydrogen (secondary N) is 1. The van der Waals surface area contributed by atoms with Crippen molar-refractivity contribution in [2.45, 2.75) is 12.5 Å². The van der Waals surface area contributed by atoms with Crippen LogP contribution in [0, 0.1) is 0 Å². The fourth-order valence-electron chi connectivity index (χ4n) is 3.31. The van der Waals surface area contributed by atoms with E-state index in [0.717, 1.165) is 35.0 Å². The highest BCUT2D eigenvalue weighted by Crippen LogP contribution is 2.27. The number of carbonyl (C=O) groups excluding carboxylic acids is 1. The molecule has 1 saturated heterocycles. The number of rotatable bonds is 7. The summed E-state index contributed by atoms with van der Waals surface area (Å²) >= 11 is 6.43. The summed E-state index contributed by atoms with van der Waals surface area (Å²) in [6.07, 6.45) is 0.315. The van der Waals surface area contributed by atoms with Gasteiger partial charge in [0.15, 0.2) is 0 Å². The fraction of sp³-hybridized carbons (Fsp3) is 0.381. The van der Waals surface area contributed by atoms with E-state index in [-0.39, 0.29) is 11.9 Å². The van der Waals surface area contributed by atoms with Crippen LogP contribution in [0.5, 0.6) is 5.75 Å². The summed E-state index contributed by atoms with van der Waals surface area (Å²) < 4.78 is 10.7. The second-order valence-electron chi connectivity index (χ2n) is 6.52. The van der Waals surface area contributed by atoms with E-state index in [4.69, 9.17) is 21.1 Å². The first-order valence-corrected chi connectivity index (χ1v) is 9.51. The van der Waals surface area contributed by atoms with Crippen LogP contribution >= 0.6 is 11.6 Å². The van der Waals surface area contributed by atoms with Crippen molar-refractivity contribution in [3.63, 3.8) is 0 Å². The molecule has 3 rings (SSSR count). The van der Waals surface area contributed by atoms with E-state index in [1.54, 1.807) is 7.11 Å². The fourth-order valence-corrected chi connectivity index (χ4v) is 3.57. The number of benzene rings is 2. The predicted molar refractivity (Wildman–Crippen MR) is 106 cm³/mol. The number of nitrogens with zero attached hydrogens (tertiary/aromatic N) is 1. The lowest BCUT2D eigenvalue weighted by Gasteiger charge is -2.35. The summed E-state index contributed by atoms with van der Waals surface area (Å²) in [6, 6.07) is 15.4. The van der Waals surface area contributed by atoms with Gasteiger partial charge < -0.3 is 14.8 Å². The van der Waals surface area contributed by atoms with Crippen molar-refractivity contribution >= 4 is 17.5 Å². The standard InChI is InChI=1S/C21H25ClN2O3/c1-26-17-6-4-5-16(13-17)14-21(25)23-15-20(24-9-11-27-12-10-24)18-7-2-3-8-19(18)22/h2-8,13,20H,9-12,14-15H2,1H3,(H,23,25)/t20-/m1/s1. The van der Waals surface area contributed by atoms with Crippen molar-refractivity contribution in [3.8, 4) is 5.75 Å². The van der Waals surface area contributed by atoms with Crippen LogP contribution in [0.3, 0.4) is 0 Å². The summed E-state index contributed by atoms with van der Waals surface area (Å²) in [4.78, 5) is 14.8. The Hall–Kier alpha value is -2.08. The molecule has 1 aliphatic heterocycles. The van der Waals surface area contributed by atoms with Gasteiger partial charge in [-0.2, -0.15) is 0 Å². The maximum absolute atomic E-state index is 12.5. The van der Waals surface area contributed by atoms with E-state index in [1.165, 1.54) is 0 Å². The second kappa shape index (κ2) is 9.74. The Labute approximate surface area is 165 Å². The first kappa shape index (κ1) is 19.7. The van der Waals surface area contributed by atoms with Crippen LogP contribution in [-0.2, 0) is 16.0 Å². The zero-order valence-corrected chi connectivity index (χ0v) is 16.2. The Morgan fingerprint density at radius 2 is 2.00 bits per heavy atom. The Kier molecular flexibility index (Phi) is 7.10. The van der Waals surface area contributed by atoms with Gasteiger partial charge in [-0.25, -0.2) is 0 Å². The van der Waals surface area contributed by atoms with Crippen LogP contribution < -0.4 is 10.1 Å². The lowest BCUT2D eigenvalue weighted by molar-refractivity contribution is -0.120. The van der Waals surface area contributed by atoms with E-state index in [1.807, 2.05) is 48.5 Å². The summed E-state index contributed by atoms with van der Waals surface area (Å²) in [7, 11) is 1.62. The third-order valence-electron chi connectivity index (χ3n) is 4.74. The molecule has 0 aliphatic carbocycles. The number of hydrogen-bond acceptors (Lipinski definition) is 4. The largest absolute Gasteiger partial charge is 0.497 e. The molecule has 0 radical (unpaired) electrons. The van der Waals surface area contributed by atoms with Crippen molar-refractivity contribution in [1.82, 2.24) is 10.2 Å². The molecule has 2 aromatic carbocycles. The highest BCUT2D eigenvalue weighted by Gasteiger charge is 2.24. The number of hydrogen-bond donors (Lipinski definition) is 1. The number of morpholine rings is 1. The Bertz CT molecular complexity index is 763. The first-order chi connectivity index (χ1) is 13.2. The van der Waals surface area contributed by atoms with Gasteiger partial charge in [0.05, 0.1) is 32.8 Å². The lowest BCUT2D eigenvalue weighted by atomic mass is 10.0. The van der Waals surface area contributed by atoms with Gasteiger partial charge in [0.2, 0.25) is 5.91 Å². The highest BCUT2D eigenvalue weighted by atomic mass is 35.5. The molecule has 144 valence electrons. The average molecular weight is 389 g/mol. The van der Waals surface area contributed by atoms with E-state index >= 15 is 0 Å².